The third kappa shape index (κ3) is 18.5. The highest BCUT2D eigenvalue weighted by Crippen LogP contribution is 2.25. The molecule has 3 amide bonds. The Balaban J connectivity index is 1.88. The SMILES string of the molecule is CCCC(C)(OC(=O)CCC(=O)O)C(=O)C(CC(C)C)NC(=O)C(Cc1ccccc1)NC(=O)C(CC(C)C)NC(=O)C(CCc1ccccc1)NC(C)CN1CCOCC1. The van der Waals surface area contributed by atoms with Crippen molar-refractivity contribution in [3.63, 3.8) is 0 Å². The van der Waals surface area contributed by atoms with Crippen molar-refractivity contribution in [1.29, 1.82) is 0 Å². The summed E-state index contributed by atoms with van der Waals surface area (Å²) in [6.07, 6.45) is 1.55. The van der Waals surface area contributed by atoms with Crippen molar-refractivity contribution in [2.45, 2.75) is 142 Å². The highest BCUT2D eigenvalue weighted by atomic mass is 16.6. The molecule has 1 fully saturated rings. The highest BCUT2D eigenvalue weighted by molar-refractivity contribution is 5.98. The summed E-state index contributed by atoms with van der Waals surface area (Å²) in [6, 6.07) is 15.3. The van der Waals surface area contributed by atoms with Crippen LogP contribution in [0.1, 0.15) is 105 Å². The van der Waals surface area contributed by atoms with Crippen molar-refractivity contribution in [3.8, 4) is 0 Å². The maximum Gasteiger partial charge on any atom is 0.307 e. The van der Waals surface area contributed by atoms with Gasteiger partial charge in [0.2, 0.25) is 17.7 Å². The van der Waals surface area contributed by atoms with E-state index >= 15 is 0 Å². The summed E-state index contributed by atoms with van der Waals surface area (Å²) in [5, 5.41) is 21.5. The van der Waals surface area contributed by atoms with Gasteiger partial charge in [0.25, 0.3) is 0 Å². The Kier molecular flexibility index (Phi) is 21.6. The fourth-order valence-electron chi connectivity index (χ4n) is 7.68. The minimum Gasteiger partial charge on any atom is -0.481 e. The average molecular weight is 850 g/mol. The Bertz CT molecular complexity index is 1690. The summed E-state index contributed by atoms with van der Waals surface area (Å²) in [7, 11) is 0. The lowest BCUT2D eigenvalue weighted by Gasteiger charge is -2.33. The van der Waals surface area contributed by atoms with E-state index in [0.29, 0.717) is 38.9 Å². The van der Waals surface area contributed by atoms with Crippen molar-refractivity contribution in [2.24, 2.45) is 11.8 Å². The molecule has 2 aromatic rings. The Labute approximate surface area is 362 Å². The Morgan fingerprint density at radius 3 is 1.84 bits per heavy atom. The van der Waals surface area contributed by atoms with Crippen LogP contribution in [0.3, 0.4) is 0 Å². The van der Waals surface area contributed by atoms with Gasteiger partial charge in [0.15, 0.2) is 11.4 Å². The zero-order chi connectivity index (χ0) is 45.0. The van der Waals surface area contributed by atoms with E-state index in [1.807, 2.05) is 95.3 Å². The average Bonchev–Trinajstić information content (AvgIpc) is 3.21. The minimum absolute atomic E-state index is 0.0101. The molecule has 2 aromatic carbocycles. The van der Waals surface area contributed by atoms with E-state index in [-0.39, 0.29) is 43.0 Å². The van der Waals surface area contributed by atoms with Crippen LogP contribution >= 0.6 is 0 Å². The number of carboxylic acid groups (broad SMARTS) is 1. The summed E-state index contributed by atoms with van der Waals surface area (Å²) in [4.78, 5) is 83.4. The molecule has 1 heterocycles. The molecule has 61 heavy (non-hydrogen) atoms. The van der Waals surface area contributed by atoms with E-state index < -0.39 is 72.1 Å². The second-order valence-corrected chi connectivity index (χ2v) is 17.4. The molecular weight excluding hydrogens is 779 g/mol. The number of Topliss-reactive ketones (excluding diaryl/α,β-unsaturated/α-hetero) is 1. The van der Waals surface area contributed by atoms with Gasteiger partial charge < -0.3 is 35.8 Å². The monoisotopic (exact) mass is 850 g/mol. The molecule has 0 spiro atoms. The quantitative estimate of drug-likeness (QED) is 0.0789. The first-order valence-corrected chi connectivity index (χ1v) is 22.0. The van der Waals surface area contributed by atoms with Crippen LogP contribution in [0.25, 0.3) is 0 Å². The molecule has 3 rings (SSSR count). The molecule has 0 saturated carbocycles. The molecule has 14 nitrogen and oxygen atoms in total. The predicted molar refractivity (Wildman–Crippen MR) is 235 cm³/mol. The molecule has 1 saturated heterocycles. The first-order valence-electron chi connectivity index (χ1n) is 22.0. The molecule has 6 unspecified atom stereocenters. The number of carbonyl (C=O) groups is 6. The highest BCUT2D eigenvalue weighted by Gasteiger charge is 2.42. The maximum absolute atomic E-state index is 14.4. The van der Waals surface area contributed by atoms with Crippen molar-refractivity contribution in [1.82, 2.24) is 26.2 Å². The number of hydrogen-bond acceptors (Lipinski definition) is 10. The van der Waals surface area contributed by atoms with Crippen molar-refractivity contribution < 1.29 is 43.3 Å². The number of nitrogens with zero attached hydrogens (tertiary/aromatic N) is 1. The number of esters is 1. The Hall–Kier alpha value is -4.66. The lowest BCUT2D eigenvalue weighted by atomic mass is 9.86. The lowest BCUT2D eigenvalue weighted by Crippen LogP contribution is -2.60. The zero-order valence-corrected chi connectivity index (χ0v) is 37.4. The zero-order valence-electron chi connectivity index (χ0n) is 37.4. The molecule has 338 valence electrons. The van der Waals surface area contributed by atoms with Crippen LogP contribution in [-0.4, -0.2) is 114 Å². The third-order valence-electron chi connectivity index (χ3n) is 10.7. The number of nitrogens with one attached hydrogen (secondary N) is 4. The molecule has 0 radical (unpaired) electrons. The van der Waals surface area contributed by atoms with E-state index in [1.165, 1.54) is 6.92 Å². The van der Waals surface area contributed by atoms with Gasteiger partial charge in [-0.05, 0) is 68.9 Å². The second-order valence-electron chi connectivity index (χ2n) is 17.4. The second kappa shape index (κ2) is 26.0. The van der Waals surface area contributed by atoms with E-state index in [9.17, 15) is 28.8 Å². The van der Waals surface area contributed by atoms with Gasteiger partial charge >= 0.3 is 11.9 Å². The largest absolute Gasteiger partial charge is 0.481 e. The number of aliphatic carboxylic acids is 1. The van der Waals surface area contributed by atoms with Crippen LogP contribution in [0.5, 0.6) is 0 Å². The summed E-state index contributed by atoms with van der Waals surface area (Å²) in [6.45, 7) is 16.8. The minimum atomic E-state index is -1.63. The number of ketones is 1. The summed E-state index contributed by atoms with van der Waals surface area (Å²) >= 11 is 0. The molecule has 0 bridgehead atoms. The van der Waals surface area contributed by atoms with Gasteiger partial charge in [-0.2, -0.15) is 0 Å². The summed E-state index contributed by atoms with van der Waals surface area (Å²) < 4.78 is 11.2. The van der Waals surface area contributed by atoms with E-state index in [0.717, 1.165) is 30.8 Å². The normalized spacial score (nSPS) is 16.7. The third-order valence-corrected chi connectivity index (χ3v) is 10.7. The number of ether oxygens (including phenoxy) is 2. The van der Waals surface area contributed by atoms with Crippen LogP contribution in [-0.2, 0) is 51.1 Å². The summed E-state index contributed by atoms with van der Waals surface area (Å²) in [5.74, 6) is -4.01. The van der Waals surface area contributed by atoms with Gasteiger partial charge in [0, 0.05) is 32.1 Å². The fraction of sp³-hybridized carbons (Fsp3) is 0.617. The lowest BCUT2D eigenvalue weighted by molar-refractivity contribution is -0.168. The van der Waals surface area contributed by atoms with Gasteiger partial charge in [-0.25, -0.2) is 0 Å². The number of rotatable bonds is 27. The molecule has 5 N–H and O–H groups in total. The number of aryl methyl sites for hydroxylation is 1. The van der Waals surface area contributed by atoms with Crippen LogP contribution in [0, 0.1) is 11.8 Å². The smallest absolute Gasteiger partial charge is 0.307 e. The van der Waals surface area contributed by atoms with Crippen LogP contribution < -0.4 is 21.3 Å². The predicted octanol–water partition coefficient (Wildman–Crippen LogP) is 4.62. The first-order chi connectivity index (χ1) is 29.0. The first kappa shape index (κ1) is 50.7. The van der Waals surface area contributed by atoms with Gasteiger partial charge in [-0.3, -0.25) is 33.7 Å². The number of amides is 3. The van der Waals surface area contributed by atoms with E-state index in [2.05, 4.69) is 33.1 Å². The fourth-order valence-corrected chi connectivity index (χ4v) is 7.68. The molecule has 14 heteroatoms. The molecular formula is C47H71N5O9. The number of benzene rings is 2. The van der Waals surface area contributed by atoms with Crippen LogP contribution in [0.2, 0.25) is 0 Å². The van der Waals surface area contributed by atoms with Crippen molar-refractivity contribution in [3.05, 3.63) is 71.8 Å². The molecule has 0 aromatic heterocycles. The number of carboxylic acids is 1. The number of carbonyl (C=O) groups excluding carboxylic acids is 5. The number of hydrogen-bond donors (Lipinski definition) is 5. The van der Waals surface area contributed by atoms with Gasteiger partial charge in [-0.15, -0.1) is 0 Å². The maximum atomic E-state index is 14.4. The molecule has 1 aliphatic rings. The molecule has 0 aliphatic carbocycles. The topological polar surface area (TPSA) is 192 Å². The number of morpholine rings is 1. The molecule has 6 atom stereocenters. The van der Waals surface area contributed by atoms with E-state index in [1.54, 1.807) is 0 Å². The van der Waals surface area contributed by atoms with Gasteiger partial charge in [0.1, 0.15) is 12.1 Å². The Morgan fingerprint density at radius 2 is 1.26 bits per heavy atom. The summed E-state index contributed by atoms with van der Waals surface area (Å²) in [5.41, 5.74) is 0.226. The van der Waals surface area contributed by atoms with E-state index in [4.69, 9.17) is 14.6 Å². The van der Waals surface area contributed by atoms with Crippen LogP contribution in [0.15, 0.2) is 60.7 Å². The van der Waals surface area contributed by atoms with Gasteiger partial charge in [0.05, 0.1) is 38.1 Å². The van der Waals surface area contributed by atoms with Gasteiger partial charge in [-0.1, -0.05) is 102 Å². The van der Waals surface area contributed by atoms with Crippen molar-refractivity contribution >= 4 is 35.4 Å². The standard InChI is InChI=1S/C47H71N5O9/c1-8-23-47(7,61-42(55)22-21-41(53)54)43(56)38(28-32(2)3)49-46(59)40(30-36-17-13-10-14-18-36)51-45(58)39(29-33(4)5)50-44(57)37(20-19-35-15-11-9-12-16-35)48-34(6)31-52-24-26-60-27-25-52/h9-18,32-34,37-40,48H,8,19-31H2,1-7H3,(H,49,59)(H,50,57)(H,51,58)(H,53,54). The van der Waals surface area contributed by atoms with Crippen LogP contribution in [0.4, 0.5) is 0 Å². The molecule has 1 aliphatic heterocycles. The van der Waals surface area contributed by atoms with Crippen molar-refractivity contribution in [2.75, 3.05) is 32.8 Å². The Morgan fingerprint density at radius 1 is 0.738 bits per heavy atom.